The lowest BCUT2D eigenvalue weighted by Gasteiger charge is -1.93. The Morgan fingerprint density at radius 2 is 2.07 bits per heavy atom. The monoisotopic (exact) mass is 199 g/mol. The minimum atomic E-state index is 0.826. The topological polar surface area (TPSA) is 39.8 Å². The van der Waals surface area contributed by atoms with Gasteiger partial charge in [0.05, 0.1) is 22.7 Å². The van der Waals surface area contributed by atoms with Gasteiger partial charge in [0.2, 0.25) is 6.41 Å². The van der Waals surface area contributed by atoms with Crippen LogP contribution in [-0.4, -0.2) is 20.8 Å². The fourth-order valence-corrected chi connectivity index (χ4v) is 2.04. The predicted molar refractivity (Wildman–Crippen MR) is 58.4 cm³/mol. The normalized spacial score (nSPS) is 11.3. The van der Waals surface area contributed by atoms with Gasteiger partial charge >= 0.3 is 0 Å². The second-order valence-corrected chi connectivity index (χ2v) is 3.49. The number of carbonyl (C=O) groups is 1. The van der Waals surface area contributed by atoms with E-state index in [1.165, 1.54) is 0 Å². The molecule has 0 aliphatic rings. The smallest absolute Gasteiger partial charge is 0.218 e. The number of rotatable bonds is 1. The van der Waals surface area contributed by atoms with Crippen LogP contribution in [0.25, 0.3) is 21.9 Å². The molecule has 4 heteroatoms. The van der Waals surface area contributed by atoms with Crippen molar-refractivity contribution in [3.63, 3.8) is 0 Å². The first kappa shape index (κ1) is 8.23. The lowest BCUT2D eigenvalue weighted by Crippen LogP contribution is -1.92. The van der Waals surface area contributed by atoms with Crippen molar-refractivity contribution >= 4 is 28.3 Å². The first-order valence-electron chi connectivity index (χ1n) is 4.69. The lowest BCUT2D eigenvalue weighted by atomic mass is 10.2. The Kier molecular flexibility index (Phi) is 1.48. The molecule has 0 fully saturated rings. The Bertz CT molecular complexity index is 663. The van der Waals surface area contributed by atoms with Crippen LogP contribution in [0.4, 0.5) is 0 Å². The standard InChI is InChI=1S/C11H9N3O/c1-13-11-8-4-2-3-5-9(8)14(7-15)10(11)6-12-13/h2-7H,1H3. The van der Waals surface area contributed by atoms with Crippen LogP contribution in [0.15, 0.2) is 30.5 Å². The van der Waals surface area contributed by atoms with Gasteiger partial charge in [0, 0.05) is 12.4 Å². The van der Waals surface area contributed by atoms with Crippen LogP contribution >= 0.6 is 0 Å². The summed E-state index contributed by atoms with van der Waals surface area (Å²) in [4.78, 5) is 11.0. The number of benzene rings is 1. The van der Waals surface area contributed by atoms with E-state index in [1.54, 1.807) is 15.4 Å². The molecule has 2 heterocycles. The van der Waals surface area contributed by atoms with Gasteiger partial charge in [0.25, 0.3) is 0 Å². The maximum Gasteiger partial charge on any atom is 0.218 e. The summed E-state index contributed by atoms with van der Waals surface area (Å²) in [5, 5.41) is 5.21. The summed E-state index contributed by atoms with van der Waals surface area (Å²) in [5.41, 5.74) is 2.78. The summed E-state index contributed by atoms with van der Waals surface area (Å²) in [6, 6.07) is 7.82. The maximum atomic E-state index is 11.0. The van der Waals surface area contributed by atoms with E-state index >= 15 is 0 Å². The van der Waals surface area contributed by atoms with Gasteiger partial charge in [-0.25, -0.2) is 0 Å². The SMILES string of the molecule is Cn1ncc2c1c1ccccc1n2C=O. The second-order valence-electron chi connectivity index (χ2n) is 3.49. The first-order chi connectivity index (χ1) is 7.33. The Hall–Kier alpha value is -2.10. The average Bonchev–Trinajstić information content (AvgIpc) is 2.77. The molecule has 0 radical (unpaired) electrons. The number of carbonyl (C=O) groups excluding carboxylic acids is 1. The number of aryl methyl sites for hydroxylation is 1. The molecule has 0 bridgehead atoms. The predicted octanol–water partition coefficient (Wildman–Crippen LogP) is 1.57. The van der Waals surface area contributed by atoms with Crippen molar-refractivity contribution in [2.24, 2.45) is 7.05 Å². The van der Waals surface area contributed by atoms with E-state index in [9.17, 15) is 4.79 Å². The van der Waals surface area contributed by atoms with Gasteiger partial charge in [-0.15, -0.1) is 0 Å². The molecular weight excluding hydrogens is 190 g/mol. The third-order valence-electron chi connectivity index (χ3n) is 2.70. The van der Waals surface area contributed by atoms with E-state index in [0.717, 1.165) is 28.3 Å². The van der Waals surface area contributed by atoms with Crippen molar-refractivity contribution in [3.05, 3.63) is 30.5 Å². The zero-order chi connectivity index (χ0) is 10.4. The van der Waals surface area contributed by atoms with Gasteiger partial charge in [-0.05, 0) is 6.07 Å². The van der Waals surface area contributed by atoms with E-state index in [2.05, 4.69) is 5.10 Å². The number of fused-ring (bicyclic) bond motifs is 3. The zero-order valence-corrected chi connectivity index (χ0v) is 8.21. The van der Waals surface area contributed by atoms with Crippen molar-refractivity contribution in [1.82, 2.24) is 14.3 Å². The Labute approximate surface area is 85.7 Å². The molecule has 0 amide bonds. The number of aromatic nitrogens is 3. The molecule has 74 valence electrons. The molecule has 0 aliphatic heterocycles. The van der Waals surface area contributed by atoms with Gasteiger partial charge < -0.3 is 0 Å². The highest BCUT2D eigenvalue weighted by Gasteiger charge is 2.12. The average molecular weight is 199 g/mol. The van der Waals surface area contributed by atoms with Crippen LogP contribution in [-0.2, 0) is 11.8 Å². The van der Waals surface area contributed by atoms with Crippen LogP contribution in [0.5, 0.6) is 0 Å². The third kappa shape index (κ3) is 0.905. The Balaban J connectivity index is 2.69. The van der Waals surface area contributed by atoms with Crippen molar-refractivity contribution in [3.8, 4) is 0 Å². The molecule has 3 rings (SSSR count). The fourth-order valence-electron chi connectivity index (χ4n) is 2.04. The zero-order valence-electron chi connectivity index (χ0n) is 8.21. The van der Waals surface area contributed by atoms with Gasteiger partial charge in [0.1, 0.15) is 0 Å². The molecule has 15 heavy (non-hydrogen) atoms. The van der Waals surface area contributed by atoms with Gasteiger partial charge in [-0.1, -0.05) is 18.2 Å². The van der Waals surface area contributed by atoms with Gasteiger partial charge in [-0.2, -0.15) is 5.10 Å². The summed E-state index contributed by atoms with van der Waals surface area (Å²) in [6.07, 6.45) is 2.54. The molecule has 1 aromatic carbocycles. The van der Waals surface area contributed by atoms with Crippen LogP contribution in [0.3, 0.4) is 0 Å². The molecule has 0 N–H and O–H groups in total. The second kappa shape index (κ2) is 2.70. The van der Waals surface area contributed by atoms with Crippen molar-refractivity contribution in [1.29, 1.82) is 0 Å². The maximum absolute atomic E-state index is 11.0. The van der Waals surface area contributed by atoms with Crippen LogP contribution < -0.4 is 0 Å². The number of hydrogen-bond acceptors (Lipinski definition) is 2. The summed E-state index contributed by atoms with van der Waals surface area (Å²) < 4.78 is 3.41. The highest BCUT2D eigenvalue weighted by Crippen LogP contribution is 2.26. The van der Waals surface area contributed by atoms with E-state index in [-0.39, 0.29) is 0 Å². The van der Waals surface area contributed by atoms with E-state index in [4.69, 9.17) is 0 Å². The third-order valence-corrected chi connectivity index (χ3v) is 2.70. The van der Waals surface area contributed by atoms with Crippen LogP contribution in [0, 0.1) is 0 Å². The van der Waals surface area contributed by atoms with Crippen molar-refractivity contribution in [2.45, 2.75) is 0 Å². The molecule has 0 atom stereocenters. The minimum absolute atomic E-state index is 0.826. The highest BCUT2D eigenvalue weighted by molar-refractivity contribution is 6.09. The van der Waals surface area contributed by atoms with Crippen molar-refractivity contribution < 1.29 is 4.79 Å². The molecule has 0 spiro atoms. The Morgan fingerprint density at radius 3 is 2.87 bits per heavy atom. The van der Waals surface area contributed by atoms with Crippen LogP contribution in [0.1, 0.15) is 0 Å². The molecule has 0 saturated carbocycles. The molecule has 0 aliphatic carbocycles. The summed E-state index contributed by atoms with van der Waals surface area (Å²) in [6.45, 7) is 0. The molecule has 0 saturated heterocycles. The van der Waals surface area contributed by atoms with E-state index in [0.29, 0.717) is 0 Å². The highest BCUT2D eigenvalue weighted by atomic mass is 16.1. The minimum Gasteiger partial charge on any atom is -0.279 e. The fraction of sp³-hybridized carbons (Fsp3) is 0.0909. The van der Waals surface area contributed by atoms with E-state index < -0.39 is 0 Å². The number of hydrogen-bond donors (Lipinski definition) is 0. The molecule has 2 aromatic heterocycles. The lowest BCUT2D eigenvalue weighted by molar-refractivity contribution is 0.550. The summed E-state index contributed by atoms with van der Waals surface area (Å²) in [5.74, 6) is 0. The molecular formula is C11H9N3O. The van der Waals surface area contributed by atoms with E-state index in [1.807, 2.05) is 31.3 Å². The summed E-state index contributed by atoms with van der Waals surface area (Å²) >= 11 is 0. The Morgan fingerprint density at radius 1 is 1.27 bits per heavy atom. The summed E-state index contributed by atoms with van der Waals surface area (Å²) in [7, 11) is 1.88. The molecule has 4 nitrogen and oxygen atoms in total. The quantitative estimate of drug-likeness (QED) is 0.558. The van der Waals surface area contributed by atoms with Crippen molar-refractivity contribution in [2.75, 3.05) is 0 Å². The number of para-hydroxylation sites is 1. The first-order valence-corrected chi connectivity index (χ1v) is 4.69. The largest absolute Gasteiger partial charge is 0.279 e. The number of nitrogens with zero attached hydrogens (tertiary/aromatic N) is 3. The van der Waals surface area contributed by atoms with Gasteiger partial charge in [-0.3, -0.25) is 14.0 Å². The van der Waals surface area contributed by atoms with Gasteiger partial charge in [0.15, 0.2) is 0 Å². The molecule has 0 unspecified atom stereocenters. The van der Waals surface area contributed by atoms with Crippen LogP contribution in [0.2, 0.25) is 0 Å². The molecule has 3 aromatic rings.